The van der Waals surface area contributed by atoms with Gasteiger partial charge in [0, 0.05) is 50.6 Å². The van der Waals surface area contributed by atoms with Gasteiger partial charge in [0.2, 0.25) is 15.9 Å². The molecule has 4 rings (SSSR count). The van der Waals surface area contributed by atoms with Crippen molar-refractivity contribution in [3.63, 3.8) is 0 Å². The first-order valence-electron chi connectivity index (χ1n) is 11.7. The van der Waals surface area contributed by atoms with Crippen molar-refractivity contribution in [3.8, 4) is 0 Å². The number of carbonyl (C=O) groups is 1. The van der Waals surface area contributed by atoms with Gasteiger partial charge < -0.3 is 4.90 Å². The number of piperazine rings is 1. The lowest BCUT2D eigenvalue weighted by molar-refractivity contribution is -0.132. The Bertz CT molecular complexity index is 1060. The summed E-state index contributed by atoms with van der Waals surface area (Å²) in [5, 5.41) is 2.08. The third kappa shape index (κ3) is 5.65. The topological polar surface area (TPSA) is 60.9 Å². The summed E-state index contributed by atoms with van der Waals surface area (Å²) in [5.41, 5.74) is 2.11. The Morgan fingerprint density at radius 2 is 1.94 bits per heavy atom. The molecule has 6 nitrogen and oxygen atoms in total. The fourth-order valence-electron chi connectivity index (χ4n) is 4.75. The summed E-state index contributed by atoms with van der Waals surface area (Å²) in [6.07, 6.45) is 2.81. The molecule has 0 spiro atoms. The molecule has 9 heteroatoms. The van der Waals surface area contributed by atoms with E-state index in [1.165, 1.54) is 20.8 Å². The number of unbranched alkanes of at least 4 members (excludes halogenated alkanes) is 1. The molecule has 1 atom stereocenters. The van der Waals surface area contributed by atoms with Crippen molar-refractivity contribution in [1.29, 1.82) is 0 Å². The van der Waals surface area contributed by atoms with E-state index < -0.39 is 10.0 Å². The minimum absolute atomic E-state index is 0.0507. The molecule has 2 aromatic rings. The van der Waals surface area contributed by atoms with Crippen LogP contribution in [0.4, 0.5) is 4.39 Å². The summed E-state index contributed by atoms with van der Waals surface area (Å²) < 4.78 is 40.3. The Hall–Kier alpha value is -1.81. The largest absolute Gasteiger partial charge is 0.340 e. The molecule has 1 aromatic heterocycles. The fraction of sp³-hybridized carbons (Fsp3) is 0.542. The van der Waals surface area contributed by atoms with Gasteiger partial charge in [-0.2, -0.15) is 4.31 Å². The molecule has 0 radical (unpaired) electrons. The van der Waals surface area contributed by atoms with Gasteiger partial charge in [-0.15, -0.1) is 11.3 Å². The molecule has 1 amide bonds. The highest BCUT2D eigenvalue weighted by Gasteiger charge is 2.32. The molecule has 1 aromatic carbocycles. The van der Waals surface area contributed by atoms with Crippen LogP contribution in [-0.2, 0) is 21.2 Å². The lowest BCUT2D eigenvalue weighted by Gasteiger charge is -2.37. The minimum Gasteiger partial charge on any atom is -0.340 e. The number of thiophene rings is 1. The van der Waals surface area contributed by atoms with Crippen LogP contribution in [0, 0.1) is 5.82 Å². The van der Waals surface area contributed by atoms with Gasteiger partial charge in [-0.3, -0.25) is 9.69 Å². The molecule has 3 heterocycles. The Morgan fingerprint density at radius 1 is 1.15 bits per heavy atom. The molecule has 0 N–H and O–H groups in total. The summed E-state index contributed by atoms with van der Waals surface area (Å²) in [6.45, 7) is 5.00. The van der Waals surface area contributed by atoms with Crippen LogP contribution in [0.1, 0.15) is 48.2 Å². The van der Waals surface area contributed by atoms with Crippen molar-refractivity contribution in [2.24, 2.45) is 0 Å². The van der Waals surface area contributed by atoms with Gasteiger partial charge in [0.25, 0.3) is 0 Å². The Labute approximate surface area is 200 Å². The van der Waals surface area contributed by atoms with Crippen LogP contribution in [0.5, 0.6) is 0 Å². The van der Waals surface area contributed by atoms with Crippen LogP contribution in [0.2, 0.25) is 0 Å². The molecule has 0 saturated carbocycles. The van der Waals surface area contributed by atoms with Crippen molar-refractivity contribution in [2.75, 3.05) is 45.0 Å². The average molecular weight is 494 g/mol. The maximum absolute atomic E-state index is 14.0. The number of rotatable bonds is 8. The SMILES string of the molecule is CCCCS(=O)(=O)N1CCN(C(=O)CCN2CCc3sccc3C2c2cccc(F)c2)CC1. The Kier molecular flexibility index (Phi) is 7.83. The second-order valence-corrected chi connectivity index (χ2v) is 11.8. The smallest absolute Gasteiger partial charge is 0.223 e. The molecule has 2 aliphatic heterocycles. The molecule has 0 bridgehead atoms. The summed E-state index contributed by atoms with van der Waals surface area (Å²) >= 11 is 1.73. The number of carbonyl (C=O) groups excluding carboxylic acids is 1. The molecule has 33 heavy (non-hydrogen) atoms. The van der Waals surface area contributed by atoms with E-state index in [9.17, 15) is 17.6 Å². The summed E-state index contributed by atoms with van der Waals surface area (Å²) in [6, 6.07) is 8.79. The number of amides is 1. The zero-order valence-electron chi connectivity index (χ0n) is 19.1. The van der Waals surface area contributed by atoms with Gasteiger partial charge in [-0.05, 0) is 47.5 Å². The zero-order valence-corrected chi connectivity index (χ0v) is 20.7. The fourth-order valence-corrected chi connectivity index (χ4v) is 7.28. The highest BCUT2D eigenvalue weighted by Crippen LogP contribution is 2.38. The first kappa shape index (κ1) is 24.3. The molecule has 1 fully saturated rings. The number of halogens is 1. The van der Waals surface area contributed by atoms with Crippen molar-refractivity contribution in [1.82, 2.24) is 14.1 Å². The van der Waals surface area contributed by atoms with Crippen molar-refractivity contribution >= 4 is 27.3 Å². The summed E-state index contributed by atoms with van der Waals surface area (Å²) in [7, 11) is -3.23. The summed E-state index contributed by atoms with van der Waals surface area (Å²) in [5.74, 6) is -0.0225. The number of fused-ring (bicyclic) bond motifs is 1. The standard InChI is InChI=1S/C24H32FN3O3S2/c1-2-3-17-33(30,31)28-14-12-26(13-15-28)23(29)8-11-27-10-7-22-21(9-16-32-22)24(27)19-5-4-6-20(25)18-19/h4-6,9,16,18,24H,2-3,7-8,10-15,17H2,1H3. The third-order valence-corrected chi connectivity index (χ3v) is 9.54. The second kappa shape index (κ2) is 10.6. The molecule has 1 saturated heterocycles. The molecule has 0 aliphatic carbocycles. The van der Waals surface area contributed by atoms with Crippen LogP contribution in [0.15, 0.2) is 35.7 Å². The lowest BCUT2D eigenvalue weighted by Crippen LogP contribution is -2.51. The van der Waals surface area contributed by atoms with Gasteiger partial charge in [0.1, 0.15) is 5.82 Å². The predicted octanol–water partition coefficient (Wildman–Crippen LogP) is 3.50. The van der Waals surface area contributed by atoms with E-state index in [0.29, 0.717) is 45.6 Å². The normalized spacial score (nSPS) is 20.1. The molecule has 180 valence electrons. The highest BCUT2D eigenvalue weighted by atomic mass is 32.2. The third-order valence-electron chi connectivity index (χ3n) is 6.58. The number of sulfonamides is 1. The highest BCUT2D eigenvalue weighted by molar-refractivity contribution is 7.89. The number of benzene rings is 1. The van der Waals surface area contributed by atoms with Gasteiger partial charge >= 0.3 is 0 Å². The number of hydrogen-bond acceptors (Lipinski definition) is 5. The Balaban J connectivity index is 1.37. The van der Waals surface area contributed by atoms with Crippen LogP contribution in [0.25, 0.3) is 0 Å². The van der Waals surface area contributed by atoms with E-state index in [1.807, 2.05) is 13.0 Å². The van der Waals surface area contributed by atoms with Crippen molar-refractivity contribution in [3.05, 3.63) is 57.5 Å². The zero-order chi connectivity index (χ0) is 23.4. The van der Waals surface area contributed by atoms with E-state index >= 15 is 0 Å². The van der Waals surface area contributed by atoms with Crippen LogP contribution in [-0.4, -0.2) is 73.5 Å². The first-order chi connectivity index (χ1) is 15.9. The average Bonchev–Trinajstić information content (AvgIpc) is 3.30. The van der Waals surface area contributed by atoms with E-state index in [2.05, 4.69) is 16.3 Å². The second-order valence-electron chi connectivity index (χ2n) is 8.74. The quantitative estimate of drug-likeness (QED) is 0.565. The molecular formula is C24H32FN3O3S2. The molecule has 2 aliphatic rings. The maximum atomic E-state index is 14.0. The number of nitrogens with zero attached hydrogens (tertiary/aromatic N) is 3. The van der Waals surface area contributed by atoms with Crippen LogP contribution in [0.3, 0.4) is 0 Å². The minimum atomic E-state index is -3.23. The molecular weight excluding hydrogens is 461 g/mol. The van der Waals surface area contributed by atoms with Gasteiger partial charge in [0.15, 0.2) is 0 Å². The monoisotopic (exact) mass is 493 g/mol. The van der Waals surface area contributed by atoms with Gasteiger partial charge in [-0.25, -0.2) is 12.8 Å². The van der Waals surface area contributed by atoms with Crippen LogP contribution >= 0.6 is 11.3 Å². The van der Waals surface area contributed by atoms with E-state index in [-0.39, 0.29) is 23.5 Å². The van der Waals surface area contributed by atoms with E-state index in [0.717, 1.165) is 24.9 Å². The number of hydrogen-bond donors (Lipinski definition) is 0. The van der Waals surface area contributed by atoms with Crippen molar-refractivity contribution in [2.45, 2.75) is 38.6 Å². The van der Waals surface area contributed by atoms with E-state index in [1.54, 1.807) is 28.4 Å². The van der Waals surface area contributed by atoms with E-state index in [4.69, 9.17) is 0 Å². The predicted molar refractivity (Wildman–Crippen MR) is 129 cm³/mol. The molecule has 1 unspecified atom stereocenters. The lowest BCUT2D eigenvalue weighted by atomic mass is 9.93. The van der Waals surface area contributed by atoms with Gasteiger partial charge in [0.05, 0.1) is 11.8 Å². The summed E-state index contributed by atoms with van der Waals surface area (Å²) in [4.78, 5) is 18.3. The van der Waals surface area contributed by atoms with Crippen LogP contribution < -0.4 is 0 Å². The van der Waals surface area contributed by atoms with Crippen molar-refractivity contribution < 1.29 is 17.6 Å². The Morgan fingerprint density at radius 3 is 2.67 bits per heavy atom. The first-order valence-corrected chi connectivity index (χ1v) is 14.2. The maximum Gasteiger partial charge on any atom is 0.223 e. The van der Waals surface area contributed by atoms with Gasteiger partial charge in [-0.1, -0.05) is 25.5 Å².